The van der Waals surface area contributed by atoms with Crippen LogP contribution in [0.25, 0.3) is 0 Å². The molecule has 0 aliphatic carbocycles. The van der Waals surface area contributed by atoms with Crippen LogP contribution in [0.3, 0.4) is 0 Å². The summed E-state index contributed by atoms with van der Waals surface area (Å²) in [5.41, 5.74) is 1.49. The molecule has 0 fully saturated rings. The third-order valence-electron chi connectivity index (χ3n) is 3.21. The SMILES string of the molecule is Cc1cc(S(=O)(=O)Cl)cc(C)c1OCCc1nccn1C. The van der Waals surface area contributed by atoms with E-state index in [4.69, 9.17) is 15.4 Å². The third-order valence-corrected chi connectivity index (χ3v) is 4.54. The van der Waals surface area contributed by atoms with E-state index in [9.17, 15) is 8.42 Å². The zero-order chi connectivity index (χ0) is 15.6. The van der Waals surface area contributed by atoms with Gasteiger partial charge in [0.05, 0.1) is 11.5 Å². The van der Waals surface area contributed by atoms with Gasteiger partial charge in [0.15, 0.2) is 0 Å². The molecule has 1 aromatic carbocycles. The molecule has 5 nitrogen and oxygen atoms in total. The van der Waals surface area contributed by atoms with Crippen molar-refractivity contribution in [3.05, 3.63) is 41.5 Å². The molecule has 0 aliphatic rings. The van der Waals surface area contributed by atoms with Crippen LogP contribution in [0.5, 0.6) is 5.75 Å². The molecular formula is C14H17ClN2O3S. The van der Waals surface area contributed by atoms with Crippen LogP contribution in [0.15, 0.2) is 29.4 Å². The Morgan fingerprint density at radius 3 is 2.38 bits per heavy atom. The molecule has 0 radical (unpaired) electrons. The highest BCUT2D eigenvalue weighted by atomic mass is 35.7. The van der Waals surface area contributed by atoms with Crippen LogP contribution >= 0.6 is 10.7 Å². The van der Waals surface area contributed by atoms with Gasteiger partial charge in [0.2, 0.25) is 0 Å². The molecule has 2 aromatic rings. The van der Waals surface area contributed by atoms with Crippen molar-refractivity contribution < 1.29 is 13.2 Å². The highest BCUT2D eigenvalue weighted by Crippen LogP contribution is 2.28. The first-order chi connectivity index (χ1) is 9.79. The minimum Gasteiger partial charge on any atom is -0.493 e. The number of halogens is 1. The first-order valence-electron chi connectivity index (χ1n) is 6.44. The Kier molecular flexibility index (Phi) is 4.58. The Hall–Kier alpha value is -1.53. The van der Waals surface area contributed by atoms with Gasteiger partial charge in [-0.25, -0.2) is 13.4 Å². The van der Waals surface area contributed by atoms with Crippen molar-refractivity contribution in [2.45, 2.75) is 25.2 Å². The number of rotatable bonds is 5. The zero-order valence-corrected chi connectivity index (χ0v) is 13.7. The molecular weight excluding hydrogens is 312 g/mol. The summed E-state index contributed by atoms with van der Waals surface area (Å²) in [6.07, 6.45) is 4.30. The Labute approximate surface area is 128 Å². The number of imidazole rings is 1. The van der Waals surface area contributed by atoms with Crippen molar-refractivity contribution in [2.24, 2.45) is 7.05 Å². The van der Waals surface area contributed by atoms with E-state index >= 15 is 0 Å². The van der Waals surface area contributed by atoms with Crippen LogP contribution < -0.4 is 4.74 Å². The topological polar surface area (TPSA) is 61.2 Å². The van der Waals surface area contributed by atoms with Crippen molar-refractivity contribution >= 4 is 19.7 Å². The predicted molar refractivity (Wildman–Crippen MR) is 81.4 cm³/mol. The lowest BCUT2D eigenvalue weighted by Crippen LogP contribution is -2.08. The lowest BCUT2D eigenvalue weighted by Gasteiger charge is -2.13. The first-order valence-corrected chi connectivity index (χ1v) is 8.75. The third kappa shape index (κ3) is 3.77. The molecule has 0 amide bonds. The first kappa shape index (κ1) is 15.9. The van der Waals surface area contributed by atoms with Gasteiger partial charge in [-0.15, -0.1) is 0 Å². The van der Waals surface area contributed by atoms with Crippen LogP contribution in [-0.4, -0.2) is 24.6 Å². The summed E-state index contributed by atoms with van der Waals surface area (Å²) in [4.78, 5) is 4.32. The molecule has 0 spiro atoms. The van der Waals surface area contributed by atoms with E-state index in [2.05, 4.69) is 4.98 Å². The molecule has 0 N–H and O–H groups in total. The van der Waals surface area contributed by atoms with Gasteiger partial charge in [0, 0.05) is 36.5 Å². The maximum absolute atomic E-state index is 11.4. The largest absolute Gasteiger partial charge is 0.493 e. The second-order valence-electron chi connectivity index (χ2n) is 4.88. The van der Waals surface area contributed by atoms with E-state index in [1.54, 1.807) is 20.0 Å². The summed E-state index contributed by atoms with van der Waals surface area (Å²) in [5, 5.41) is 0. The summed E-state index contributed by atoms with van der Waals surface area (Å²) >= 11 is 0. The molecule has 7 heteroatoms. The van der Waals surface area contributed by atoms with E-state index in [1.165, 1.54) is 12.1 Å². The fourth-order valence-corrected chi connectivity index (χ4v) is 3.06. The fourth-order valence-electron chi connectivity index (χ4n) is 2.16. The lowest BCUT2D eigenvalue weighted by molar-refractivity contribution is 0.313. The van der Waals surface area contributed by atoms with Crippen LogP contribution in [-0.2, 0) is 22.5 Å². The van der Waals surface area contributed by atoms with Crippen LogP contribution in [0.2, 0.25) is 0 Å². The molecule has 1 aromatic heterocycles. The maximum Gasteiger partial charge on any atom is 0.261 e. The van der Waals surface area contributed by atoms with E-state index in [-0.39, 0.29) is 4.90 Å². The molecule has 0 bridgehead atoms. The molecule has 0 unspecified atom stereocenters. The fraction of sp³-hybridized carbons (Fsp3) is 0.357. The average Bonchev–Trinajstić information content (AvgIpc) is 2.77. The molecule has 114 valence electrons. The van der Waals surface area contributed by atoms with Gasteiger partial charge >= 0.3 is 0 Å². The van der Waals surface area contributed by atoms with Gasteiger partial charge in [-0.1, -0.05) is 0 Å². The van der Waals surface area contributed by atoms with Crippen molar-refractivity contribution in [3.63, 3.8) is 0 Å². The van der Waals surface area contributed by atoms with Crippen LogP contribution in [0, 0.1) is 13.8 Å². The van der Waals surface area contributed by atoms with Crippen molar-refractivity contribution in [3.8, 4) is 5.75 Å². The monoisotopic (exact) mass is 328 g/mol. The van der Waals surface area contributed by atoms with Crippen molar-refractivity contribution in [1.82, 2.24) is 9.55 Å². The van der Waals surface area contributed by atoms with E-state index in [0.717, 1.165) is 17.0 Å². The van der Waals surface area contributed by atoms with Gasteiger partial charge in [0.1, 0.15) is 11.6 Å². The van der Waals surface area contributed by atoms with Crippen LogP contribution in [0.4, 0.5) is 0 Å². The number of benzene rings is 1. The van der Waals surface area contributed by atoms with Crippen molar-refractivity contribution in [1.29, 1.82) is 0 Å². The maximum atomic E-state index is 11.4. The molecule has 0 aliphatic heterocycles. The standard InChI is InChI=1S/C14H17ClN2O3S/c1-10-8-12(21(15,18)19)9-11(2)14(10)20-7-4-13-16-5-6-17(13)3/h5-6,8-9H,4,7H2,1-3H3. The van der Waals surface area contributed by atoms with Gasteiger partial charge < -0.3 is 9.30 Å². The van der Waals surface area contributed by atoms with Gasteiger partial charge in [-0.2, -0.15) is 0 Å². The molecule has 0 saturated carbocycles. The number of aryl methyl sites for hydroxylation is 3. The van der Waals surface area contributed by atoms with Crippen molar-refractivity contribution in [2.75, 3.05) is 6.61 Å². The van der Waals surface area contributed by atoms with E-state index in [0.29, 0.717) is 18.8 Å². The second kappa shape index (κ2) is 6.07. The van der Waals surface area contributed by atoms with Crippen LogP contribution in [0.1, 0.15) is 17.0 Å². The summed E-state index contributed by atoms with van der Waals surface area (Å²) < 4.78 is 30.4. The molecule has 1 heterocycles. The second-order valence-corrected chi connectivity index (χ2v) is 7.44. The normalized spacial score (nSPS) is 11.6. The molecule has 0 saturated heterocycles. The Morgan fingerprint density at radius 1 is 1.29 bits per heavy atom. The summed E-state index contributed by atoms with van der Waals surface area (Å²) in [5.74, 6) is 1.62. The average molecular weight is 329 g/mol. The smallest absolute Gasteiger partial charge is 0.261 e. The minimum absolute atomic E-state index is 0.0932. The predicted octanol–water partition coefficient (Wildman–Crippen LogP) is 2.59. The van der Waals surface area contributed by atoms with E-state index < -0.39 is 9.05 Å². The van der Waals surface area contributed by atoms with E-state index in [1.807, 2.05) is 17.8 Å². The molecule has 2 rings (SSSR count). The Morgan fingerprint density at radius 2 is 1.90 bits per heavy atom. The molecule has 0 atom stereocenters. The zero-order valence-electron chi connectivity index (χ0n) is 12.1. The minimum atomic E-state index is -3.72. The van der Waals surface area contributed by atoms with Gasteiger partial charge in [0.25, 0.3) is 9.05 Å². The van der Waals surface area contributed by atoms with Gasteiger partial charge in [-0.05, 0) is 37.1 Å². The Balaban J connectivity index is 2.12. The number of nitrogens with zero attached hydrogens (tertiary/aromatic N) is 2. The summed E-state index contributed by atoms with van der Waals surface area (Å²) in [6, 6.07) is 3.04. The number of ether oxygens (including phenoxy) is 1. The lowest BCUT2D eigenvalue weighted by atomic mass is 10.1. The summed E-state index contributed by atoms with van der Waals surface area (Å²) in [6.45, 7) is 4.07. The highest BCUT2D eigenvalue weighted by Gasteiger charge is 2.15. The quantitative estimate of drug-likeness (QED) is 0.791. The number of hydrogen-bond donors (Lipinski definition) is 0. The Bertz CT molecular complexity index is 730. The number of hydrogen-bond acceptors (Lipinski definition) is 4. The number of aromatic nitrogens is 2. The highest BCUT2D eigenvalue weighted by molar-refractivity contribution is 8.13. The van der Waals surface area contributed by atoms with Gasteiger partial charge in [-0.3, -0.25) is 0 Å². The molecule has 21 heavy (non-hydrogen) atoms. The summed E-state index contributed by atoms with van der Waals surface area (Å²) in [7, 11) is 3.57.